The molecular weight excluding hydrogens is 244 g/mol. The number of methoxy groups -OCH3 is 2. The van der Waals surface area contributed by atoms with Crippen LogP contribution in [0, 0.1) is 0 Å². The summed E-state index contributed by atoms with van der Waals surface area (Å²) in [4.78, 5) is 0. The molecule has 3 N–H and O–H groups in total. The first kappa shape index (κ1) is 13.5. The smallest absolute Gasteiger partial charge is 0.122 e. The van der Waals surface area contributed by atoms with Crippen molar-refractivity contribution in [3.8, 4) is 11.5 Å². The highest BCUT2D eigenvalue weighted by atomic mass is 16.5. The standard InChI is InChI=1S/C14H18N2O3/c1-17-12-6-10(7-13(8-12)18-2)14(16-15)9-11-4-3-5-19-11/h3-8,14,16H,9,15H2,1-2H3. The van der Waals surface area contributed by atoms with Crippen molar-refractivity contribution in [3.63, 3.8) is 0 Å². The summed E-state index contributed by atoms with van der Waals surface area (Å²) < 4.78 is 15.9. The molecule has 2 rings (SSSR count). The molecule has 19 heavy (non-hydrogen) atoms. The zero-order valence-corrected chi connectivity index (χ0v) is 11.1. The monoisotopic (exact) mass is 262 g/mol. The Morgan fingerprint density at radius 3 is 2.37 bits per heavy atom. The van der Waals surface area contributed by atoms with E-state index in [1.807, 2.05) is 30.3 Å². The summed E-state index contributed by atoms with van der Waals surface area (Å²) >= 11 is 0. The Hall–Kier alpha value is -1.98. The van der Waals surface area contributed by atoms with E-state index in [0.717, 1.165) is 22.8 Å². The predicted molar refractivity (Wildman–Crippen MR) is 72.0 cm³/mol. The number of hydrazine groups is 1. The number of nitrogens with one attached hydrogen (secondary N) is 1. The molecule has 2 aromatic rings. The average Bonchev–Trinajstić information content (AvgIpc) is 2.97. The summed E-state index contributed by atoms with van der Waals surface area (Å²) in [5.74, 6) is 7.96. The molecule has 5 heteroatoms. The third kappa shape index (κ3) is 3.27. The first-order valence-electron chi connectivity index (χ1n) is 5.98. The van der Waals surface area contributed by atoms with Crippen molar-refractivity contribution in [2.75, 3.05) is 14.2 Å². The molecular formula is C14H18N2O3. The Morgan fingerprint density at radius 2 is 1.89 bits per heavy atom. The van der Waals surface area contributed by atoms with Crippen molar-refractivity contribution in [1.29, 1.82) is 0 Å². The maximum absolute atomic E-state index is 5.63. The Balaban J connectivity index is 2.26. The summed E-state index contributed by atoms with van der Waals surface area (Å²) in [7, 11) is 3.24. The molecule has 1 aromatic heterocycles. The van der Waals surface area contributed by atoms with Gasteiger partial charge in [0.25, 0.3) is 0 Å². The molecule has 0 saturated carbocycles. The molecule has 0 aliphatic heterocycles. The molecule has 1 heterocycles. The van der Waals surface area contributed by atoms with Crippen LogP contribution in [0.3, 0.4) is 0 Å². The van der Waals surface area contributed by atoms with Crippen LogP contribution in [0.2, 0.25) is 0 Å². The van der Waals surface area contributed by atoms with E-state index in [1.54, 1.807) is 20.5 Å². The van der Waals surface area contributed by atoms with E-state index < -0.39 is 0 Å². The van der Waals surface area contributed by atoms with Crippen LogP contribution >= 0.6 is 0 Å². The molecule has 5 nitrogen and oxygen atoms in total. The van der Waals surface area contributed by atoms with Gasteiger partial charge in [-0.25, -0.2) is 0 Å². The van der Waals surface area contributed by atoms with Crippen LogP contribution in [0.4, 0.5) is 0 Å². The molecule has 0 spiro atoms. The fourth-order valence-corrected chi connectivity index (χ4v) is 1.93. The van der Waals surface area contributed by atoms with E-state index in [2.05, 4.69) is 5.43 Å². The van der Waals surface area contributed by atoms with E-state index in [1.165, 1.54) is 0 Å². The highest BCUT2D eigenvalue weighted by Gasteiger charge is 2.14. The summed E-state index contributed by atoms with van der Waals surface area (Å²) in [5, 5.41) is 0. The lowest BCUT2D eigenvalue weighted by atomic mass is 10.0. The largest absolute Gasteiger partial charge is 0.497 e. The fourth-order valence-electron chi connectivity index (χ4n) is 1.93. The van der Waals surface area contributed by atoms with Gasteiger partial charge >= 0.3 is 0 Å². The van der Waals surface area contributed by atoms with Crippen molar-refractivity contribution >= 4 is 0 Å². The van der Waals surface area contributed by atoms with Crippen LogP contribution in [-0.4, -0.2) is 14.2 Å². The zero-order chi connectivity index (χ0) is 13.7. The van der Waals surface area contributed by atoms with Gasteiger partial charge < -0.3 is 13.9 Å². The van der Waals surface area contributed by atoms with Crippen molar-refractivity contribution in [2.24, 2.45) is 5.84 Å². The van der Waals surface area contributed by atoms with E-state index >= 15 is 0 Å². The Morgan fingerprint density at radius 1 is 1.21 bits per heavy atom. The molecule has 1 aromatic carbocycles. The SMILES string of the molecule is COc1cc(OC)cc(C(Cc2ccco2)NN)c1. The lowest BCUT2D eigenvalue weighted by Crippen LogP contribution is -2.29. The van der Waals surface area contributed by atoms with Crippen molar-refractivity contribution in [1.82, 2.24) is 5.43 Å². The van der Waals surface area contributed by atoms with Gasteiger partial charge in [0, 0.05) is 12.5 Å². The van der Waals surface area contributed by atoms with Gasteiger partial charge in [0.15, 0.2) is 0 Å². The quantitative estimate of drug-likeness (QED) is 0.616. The van der Waals surface area contributed by atoms with Gasteiger partial charge in [-0.2, -0.15) is 0 Å². The van der Waals surface area contributed by atoms with E-state index in [-0.39, 0.29) is 6.04 Å². The fraction of sp³-hybridized carbons (Fsp3) is 0.286. The average molecular weight is 262 g/mol. The molecule has 0 bridgehead atoms. The van der Waals surface area contributed by atoms with Crippen LogP contribution in [0.25, 0.3) is 0 Å². The topological polar surface area (TPSA) is 69.7 Å². The van der Waals surface area contributed by atoms with Crippen LogP contribution < -0.4 is 20.7 Å². The maximum atomic E-state index is 5.63. The van der Waals surface area contributed by atoms with Crippen LogP contribution in [0.5, 0.6) is 11.5 Å². The summed E-state index contributed by atoms with van der Waals surface area (Å²) in [5.41, 5.74) is 3.77. The highest BCUT2D eigenvalue weighted by molar-refractivity contribution is 5.40. The van der Waals surface area contributed by atoms with Crippen LogP contribution in [0.15, 0.2) is 41.0 Å². The Bertz CT molecular complexity index is 489. The van der Waals surface area contributed by atoms with Gasteiger partial charge in [0.2, 0.25) is 0 Å². The van der Waals surface area contributed by atoms with Crippen molar-refractivity contribution in [3.05, 3.63) is 47.9 Å². The minimum Gasteiger partial charge on any atom is -0.497 e. The number of hydrogen-bond acceptors (Lipinski definition) is 5. The van der Waals surface area contributed by atoms with E-state index in [4.69, 9.17) is 19.7 Å². The number of nitrogens with two attached hydrogens (primary N) is 1. The zero-order valence-electron chi connectivity index (χ0n) is 11.1. The first-order chi connectivity index (χ1) is 9.26. The molecule has 0 radical (unpaired) electrons. The van der Waals surface area contributed by atoms with Gasteiger partial charge in [0.1, 0.15) is 17.3 Å². The summed E-state index contributed by atoms with van der Waals surface area (Å²) in [6.07, 6.45) is 2.30. The lowest BCUT2D eigenvalue weighted by molar-refractivity contribution is 0.390. The number of benzene rings is 1. The number of ether oxygens (including phenoxy) is 2. The number of hydrogen-bond donors (Lipinski definition) is 2. The lowest BCUT2D eigenvalue weighted by Gasteiger charge is -2.17. The molecule has 0 aliphatic carbocycles. The van der Waals surface area contributed by atoms with Crippen LogP contribution in [-0.2, 0) is 6.42 Å². The molecule has 0 amide bonds. The third-order valence-electron chi connectivity index (χ3n) is 2.96. The van der Waals surface area contributed by atoms with Crippen molar-refractivity contribution < 1.29 is 13.9 Å². The van der Waals surface area contributed by atoms with Gasteiger partial charge in [-0.05, 0) is 29.8 Å². The molecule has 0 saturated heterocycles. The summed E-state index contributed by atoms with van der Waals surface area (Å²) in [6.45, 7) is 0. The second-order valence-electron chi connectivity index (χ2n) is 4.15. The van der Waals surface area contributed by atoms with Crippen LogP contribution in [0.1, 0.15) is 17.4 Å². The Kier molecular flexibility index (Phi) is 4.43. The van der Waals surface area contributed by atoms with Gasteiger partial charge in [-0.15, -0.1) is 0 Å². The molecule has 1 unspecified atom stereocenters. The normalized spacial score (nSPS) is 12.2. The third-order valence-corrected chi connectivity index (χ3v) is 2.96. The Labute approximate surface area is 112 Å². The molecule has 0 aliphatic rings. The maximum Gasteiger partial charge on any atom is 0.122 e. The molecule has 1 atom stereocenters. The first-order valence-corrected chi connectivity index (χ1v) is 5.98. The second kappa shape index (κ2) is 6.26. The molecule has 102 valence electrons. The molecule has 0 fully saturated rings. The van der Waals surface area contributed by atoms with E-state index in [9.17, 15) is 0 Å². The number of furan rings is 1. The van der Waals surface area contributed by atoms with Gasteiger partial charge in [-0.3, -0.25) is 11.3 Å². The second-order valence-corrected chi connectivity index (χ2v) is 4.15. The summed E-state index contributed by atoms with van der Waals surface area (Å²) in [6, 6.07) is 9.38. The number of rotatable bonds is 6. The highest BCUT2D eigenvalue weighted by Crippen LogP contribution is 2.27. The minimum absolute atomic E-state index is 0.0739. The van der Waals surface area contributed by atoms with Crippen molar-refractivity contribution in [2.45, 2.75) is 12.5 Å². The van der Waals surface area contributed by atoms with Gasteiger partial charge in [-0.1, -0.05) is 0 Å². The van der Waals surface area contributed by atoms with Gasteiger partial charge in [0.05, 0.1) is 26.5 Å². The predicted octanol–water partition coefficient (Wildman–Crippen LogP) is 2.04. The minimum atomic E-state index is -0.0739. The van der Waals surface area contributed by atoms with E-state index in [0.29, 0.717) is 6.42 Å².